The van der Waals surface area contributed by atoms with Gasteiger partial charge in [-0.3, -0.25) is 0 Å². The highest BCUT2D eigenvalue weighted by Crippen LogP contribution is 2.28. The molecule has 1 heterocycles. The summed E-state index contributed by atoms with van der Waals surface area (Å²) in [6.07, 6.45) is 1.61. The van der Waals surface area contributed by atoms with Crippen molar-refractivity contribution in [3.05, 3.63) is 51.6 Å². The number of ether oxygens (including phenoxy) is 1. The molecule has 0 atom stereocenters. The number of aliphatic hydroxyl groups is 1. The number of benzene rings is 1. The number of aliphatic hydroxyl groups excluding tert-OH is 1. The molecule has 0 amide bonds. The molecule has 2 aromatic rings. The summed E-state index contributed by atoms with van der Waals surface area (Å²) in [5.74, 6) is 1.28. The first-order valence-electron chi connectivity index (χ1n) is 5.60. The molecule has 3 nitrogen and oxygen atoms in total. The summed E-state index contributed by atoms with van der Waals surface area (Å²) in [6.45, 7) is 4.03. The molecule has 0 fully saturated rings. The van der Waals surface area contributed by atoms with Crippen molar-refractivity contribution < 1.29 is 9.84 Å². The lowest BCUT2D eigenvalue weighted by molar-refractivity contribution is 0.281. The Hall–Kier alpha value is -1.39. The molecule has 1 N–H and O–H groups in total. The van der Waals surface area contributed by atoms with Gasteiger partial charge in [0.2, 0.25) is 5.88 Å². The summed E-state index contributed by atoms with van der Waals surface area (Å²) in [5, 5.41) is 8.94. The van der Waals surface area contributed by atoms with Crippen molar-refractivity contribution in [1.82, 2.24) is 4.98 Å². The van der Waals surface area contributed by atoms with Gasteiger partial charge < -0.3 is 9.84 Å². The molecule has 18 heavy (non-hydrogen) atoms. The highest BCUT2D eigenvalue weighted by atomic mass is 79.9. The van der Waals surface area contributed by atoms with E-state index in [2.05, 4.69) is 20.9 Å². The second-order valence-electron chi connectivity index (χ2n) is 4.14. The fourth-order valence-electron chi connectivity index (χ4n) is 1.65. The van der Waals surface area contributed by atoms with Crippen molar-refractivity contribution in [2.75, 3.05) is 0 Å². The molecular formula is C14H14BrNO2. The van der Waals surface area contributed by atoms with Gasteiger partial charge in [-0.1, -0.05) is 15.9 Å². The summed E-state index contributed by atoms with van der Waals surface area (Å²) in [7, 11) is 0. The molecule has 2 rings (SSSR count). The van der Waals surface area contributed by atoms with Crippen LogP contribution >= 0.6 is 15.9 Å². The van der Waals surface area contributed by atoms with Gasteiger partial charge in [-0.2, -0.15) is 0 Å². The highest BCUT2D eigenvalue weighted by Gasteiger charge is 2.05. The molecule has 1 aromatic heterocycles. The average molecular weight is 308 g/mol. The predicted octanol–water partition coefficient (Wildman–Crippen LogP) is 3.75. The van der Waals surface area contributed by atoms with E-state index in [9.17, 15) is 0 Å². The van der Waals surface area contributed by atoms with Crippen LogP contribution in [0.4, 0.5) is 0 Å². The monoisotopic (exact) mass is 307 g/mol. The molecule has 0 unspecified atom stereocenters. The van der Waals surface area contributed by atoms with E-state index in [1.54, 1.807) is 18.3 Å². The normalized spacial score (nSPS) is 10.4. The van der Waals surface area contributed by atoms with Gasteiger partial charge in [-0.05, 0) is 48.7 Å². The Bertz CT molecular complexity index is 529. The van der Waals surface area contributed by atoms with Crippen LogP contribution in [0.1, 0.15) is 16.7 Å². The van der Waals surface area contributed by atoms with Crippen LogP contribution in [0, 0.1) is 13.8 Å². The van der Waals surface area contributed by atoms with Gasteiger partial charge in [0.1, 0.15) is 5.75 Å². The first-order chi connectivity index (χ1) is 8.60. The van der Waals surface area contributed by atoms with Crippen molar-refractivity contribution in [2.45, 2.75) is 20.5 Å². The van der Waals surface area contributed by atoms with Gasteiger partial charge >= 0.3 is 0 Å². The Morgan fingerprint density at radius 1 is 1.22 bits per heavy atom. The van der Waals surface area contributed by atoms with Crippen LogP contribution in [-0.2, 0) is 6.61 Å². The van der Waals surface area contributed by atoms with Gasteiger partial charge in [-0.25, -0.2) is 4.98 Å². The first-order valence-corrected chi connectivity index (χ1v) is 6.40. The Morgan fingerprint density at radius 3 is 2.39 bits per heavy atom. The standard InChI is InChI=1S/C14H14BrNO2/c1-9-5-12(6-10(2)14(9)15)18-13-4-3-11(8-17)7-16-13/h3-7,17H,8H2,1-2H3. The van der Waals surface area contributed by atoms with Gasteiger partial charge in [0.25, 0.3) is 0 Å². The number of nitrogens with zero attached hydrogens (tertiary/aromatic N) is 1. The van der Waals surface area contributed by atoms with Gasteiger partial charge in [0, 0.05) is 16.7 Å². The maximum absolute atomic E-state index is 8.94. The summed E-state index contributed by atoms with van der Waals surface area (Å²) in [5.41, 5.74) is 3.01. The van der Waals surface area contributed by atoms with Crippen LogP contribution in [-0.4, -0.2) is 10.1 Å². The number of hydrogen-bond donors (Lipinski definition) is 1. The number of aryl methyl sites for hydroxylation is 2. The van der Waals surface area contributed by atoms with E-state index in [-0.39, 0.29) is 6.61 Å². The Labute approximate surface area is 115 Å². The minimum Gasteiger partial charge on any atom is -0.439 e. The number of aromatic nitrogens is 1. The third kappa shape index (κ3) is 2.89. The molecule has 0 aliphatic rings. The zero-order chi connectivity index (χ0) is 13.1. The van der Waals surface area contributed by atoms with Crippen LogP contribution in [0.2, 0.25) is 0 Å². The Balaban J connectivity index is 2.23. The van der Waals surface area contributed by atoms with Crippen molar-refractivity contribution in [2.24, 2.45) is 0 Å². The SMILES string of the molecule is Cc1cc(Oc2ccc(CO)cn2)cc(C)c1Br. The van der Waals surface area contributed by atoms with Crippen LogP contribution in [0.3, 0.4) is 0 Å². The average Bonchev–Trinajstić information content (AvgIpc) is 2.37. The maximum Gasteiger partial charge on any atom is 0.219 e. The predicted molar refractivity (Wildman–Crippen MR) is 73.8 cm³/mol. The molecule has 0 radical (unpaired) electrons. The summed E-state index contributed by atoms with van der Waals surface area (Å²) in [4.78, 5) is 4.13. The molecule has 1 aromatic carbocycles. The minimum atomic E-state index is -0.0101. The van der Waals surface area contributed by atoms with Crippen molar-refractivity contribution >= 4 is 15.9 Å². The molecule has 0 saturated heterocycles. The second kappa shape index (κ2) is 5.50. The smallest absolute Gasteiger partial charge is 0.219 e. The third-order valence-corrected chi connectivity index (χ3v) is 3.86. The number of pyridine rings is 1. The Kier molecular flexibility index (Phi) is 3.99. The zero-order valence-corrected chi connectivity index (χ0v) is 11.9. The van der Waals surface area contributed by atoms with Crippen molar-refractivity contribution in [3.8, 4) is 11.6 Å². The molecular weight excluding hydrogens is 294 g/mol. The van der Waals surface area contributed by atoms with E-state index >= 15 is 0 Å². The zero-order valence-electron chi connectivity index (χ0n) is 10.3. The van der Waals surface area contributed by atoms with E-state index in [1.165, 1.54) is 0 Å². The van der Waals surface area contributed by atoms with Gasteiger partial charge in [0.05, 0.1) is 6.61 Å². The molecule has 4 heteroatoms. The highest BCUT2D eigenvalue weighted by molar-refractivity contribution is 9.10. The molecule has 0 aliphatic heterocycles. The lowest BCUT2D eigenvalue weighted by Gasteiger charge is -2.09. The fourth-order valence-corrected chi connectivity index (χ4v) is 1.88. The lowest BCUT2D eigenvalue weighted by Crippen LogP contribution is -1.92. The van der Waals surface area contributed by atoms with Crippen LogP contribution in [0.25, 0.3) is 0 Å². The number of rotatable bonds is 3. The fraction of sp³-hybridized carbons (Fsp3) is 0.214. The second-order valence-corrected chi connectivity index (χ2v) is 4.93. The van der Waals surface area contributed by atoms with E-state index in [0.29, 0.717) is 5.88 Å². The van der Waals surface area contributed by atoms with E-state index in [1.807, 2.05) is 26.0 Å². The molecule has 0 aliphatic carbocycles. The molecule has 0 spiro atoms. The topological polar surface area (TPSA) is 42.4 Å². The summed E-state index contributed by atoms with van der Waals surface area (Å²) < 4.78 is 6.78. The van der Waals surface area contributed by atoms with Crippen molar-refractivity contribution in [3.63, 3.8) is 0 Å². The summed E-state index contributed by atoms with van der Waals surface area (Å²) >= 11 is 3.52. The minimum absolute atomic E-state index is 0.0101. The molecule has 94 valence electrons. The first kappa shape index (κ1) is 13.1. The molecule has 0 saturated carbocycles. The largest absolute Gasteiger partial charge is 0.439 e. The van der Waals surface area contributed by atoms with Gasteiger partial charge in [0.15, 0.2) is 0 Å². The van der Waals surface area contributed by atoms with E-state index < -0.39 is 0 Å². The molecule has 0 bridgehead atoms. The van der Waals surface area contributed by atoms with E-state index in [4.69, 9.17) is 9.84 Å². The lowest BCUT2D eigenvalue weighted by atomic mass is 10.1. The quantitative estimate of drug-likeness (QED) is 0.939. The Morgan fingerprint density at radius 2 is 1.89 bits per heavy atom. The number of hydrogen-bond acceptors (Lipinski definition) is 3. The number of halogens is 1. The third-order valence-electron chi connectivity index (χ3n) is 2.61. The summed E-state index contributed by atoms with van der Waals surface area (Å²) in [6, 6.07) is 7.45. The van der Waals surface area contributed by atoms with Crippen LogP contribution in [0.5, 0.6) is 11.6 Å². The van der Waals surface area contributed by atoms with E-state index in [0.717, 1.165) is 26.9 Å². The van der Waals surface area contributed by atoms with Crippen LogP contribution < -0.4 is 4.74 Å². The maximum atomic E-state index is 8.94. The van der Waals surface area contributed by atoms with Crippen LogP contribution in [0.15, 0.2) is 34.9 Å². The van der Waals surface area contributed by atoms with Crippen molar-refractivity contribution in [1.29, 1.82) is 0 Å². The van der Waals surface area contributed by atoms with Gasteiger partial charge in [-0.15, -0.1) is 0 Å².